The minimum atomic E-state index is -0.553. The number of hydrogen-bond donors (Lipinski definition) is 9. The van der Waals surface area contributed by atoms with Crippen molar-refractivity contribution in [2.24, 2.45) is 0 Å². The molecule has 637 valence electrons. The summed E-state index contributed by atoms with van der Waals surface area (Å²) in [6, 6.07) is 84.2. The van der Waals surface area contributed by atoms with Crippen molar-refractivity contribution in [3.63, 3.8) is 0 Å². The van der Waals surface area contributed by atoms with E-state index in [9.17, 15) is 48.9 Å². The van der Waals surface area contributed by atoms with Crippen LogP contribution in [0, 0.1) is 0 Å². The number of nitrogens with two attached hydrogens (primary N) is 2. The number of carbonyl (C=O) groups is 7. The fourth-order valence-electron chi connectivity index (χ4n) is 16.9. The molecule has 0 saturated carbocycles. The average Bonchev–Trinajstić information content (AvgIpc) is 1.60. The van der Waals surface area contributed by atoms with Crippen LogP contribution in [0.3, 0.4) is 0 Å². The molecule has 4 atom stereocenters. The summed E-state index contributed by atoms with van der Waals surface area (Å²) in [4.78, 5) is 83.5. The van der Waals surface area contributed by atoms with Gasteiger partial charge in [0.2, 0.25) is 5.91 Å². The number of hydrogen-bond acceptors (Lipinski definition) is 15. The largest absolute Gasteiger partial charge is 1.00 e. The number of nitrogens with one attached hydrogen (secondary N) is 4. The molecule has 20 nitrogen and oxygen atoms in total. The maximum atomic E-state index is 12.2. The molecule has 12 aromatic rings. The fourth-order valence-corrected chi connectivity index (χ4v) is 16.9. The number of imide groups is 1. The van der Waals surface area contributed by atoms with Gasteiger partial charge in [0.25, 0.3) is 11.8 Å². The van der Waals surface area contributed by atoms with Crippen LogP contribution in [0.2, 0.25) is 0 Å². The Kier molecular flexibility index (Phi) is 31.0. The monoisotopic (exact) mass is 1710 g/mol. The molecule has 6 aliphatic carbocycles. The Bertz CT molecular complexity index is 6170. The molecular weight excluding hydrogens is 1610 g/mol. The maximum absolute atomic E-state index is 12.2. The van der Waals surface area contributed by atoms with E-state index in [0.29, 0.717) is 17.1 Å². The van der Waals surface area contributed by atoms with Crippen molar-refractivity contribution in [3.05, 3.63) is 334 Å². The van der Waals surface area contributed by atoms with Gasteiger partial charge in [-0.15, -0.1) is 0 Å². The number of fused-ring (bicyclic) bond motifs is 18. The van der Waals surface area contributed by atoms with E-state index >= 15 is 0 Å². The molecule has 1 aliphatic heterocycles. The summed E-state index contributed by atoms with van der Waals surface area (Å²) in [5.74, 6) is -1.45. The van der Waals surface area contributed by atoms with Crippen molar-refractivity contribution in [3.8, 4) is 66.8 Å². The first kappa shape index (κ1) is 95.7. The molecule has 0 spiro atoms. The van der Waals surface area contributed by atoms with E-state index in [1.165, 1.54) is 73.4 Å². The molecule has 6 amide bonds. The molecular formula is C104H103BN7Na2O13. The summed E-state index contributed by atoms with van der Waals surface area (Å²) in [6.07, 6.45) is 3.91. The quantitative estimate of drug-likeness (QED) is 0.0191. The normalized spacial score (nSPS) is 14.9. The van der Waals surface area contributed by atoms with Crippen molar-refractivity contribution < 1.29 is 125 Å². The third-order valence-corrected chi connectivity index (χ3v) is 22.1. The van der Waals surface area contributed by atoms with E-state index in [2.05, 4.69) is 106 Å². The van der Waals surface area contributed by atoms with Crippen LogP contribution >= 0.6 is 0 Å². The second-order valence-electron chi connectivity index (χ2n) is 34.2. The minimum absolute atomic E-state index is 0. The standard InChI is InChI=1S/C21H18N2O4.C19H21NO3.C19H19NO3.C18H19NO2.C14H13NO.C13H11N.B.2Na.2H/c24-12-18-15-4-2-1-3-14(15)16-6-5-13(11-17(16)18)22-19(25)9-10-23-20(26)7-8-21(23)27;2*1-19(2,3)23-18(22)20-12-8-9-15-13-6-4-5-7-14(13)17(11-21)16(15)10-12;1-18(2,3)21-17(20)19-14-8-9-16-13(11-14)10-12-6-4-5-7-15(12)16;15-9-5-6-12-10-3-1-2-4-11(10)14(8-16)13(12)7-9;14-11-5-6-13-10(8-11)7-9-3-1-2-4-12(9)13;;;;;/h1-8,11,18,24H,9-10,12H2,(H,22,25);4-10,17,21H,11H2,1-3H3,(H,20,22);4-11,17H,1-3H3,(H,20,22);4-9,11H,10H2,1-3H3,(H,19,20);1-7,14,16H,8,15H2;1-6,8H,7,14H2;;;;;/q;;;;;;;2*+1;2*-1. The van der Waals surface area contributed by atoms with Gasteiger partial charge in [0.15, 0.2) is 0 Å². The summed E-state index contributed by atoms with van der Waals surface area (Å²) >= 11 is 0. The van der Waals surface area contributed by atoms with Crippen molar-refractivity contribution in [2.75, 3.05) is 59.1 Å². The number of nitrogens with zero attached hydrogens (tertiary/aromatic N) is 1. The molecule has 12 aromatic carbocycles. The molecule has 11 N–H and O–H groups in total. The minimum Gasteiger partial charge on any atom is -1.00 e. The topological polar surface area (TPSA) is 311 Å². The second-order valence-corrected chi connectivity index (χ2v) is 34.2. The number of aliphatic hydroxyl groups excluding tert-OH is 3. The van der Waals surface area contributed by atoms with Gasteiger partial charge < -0.3 is 54.0 Å². The Balaban J connectivity index is 0.000000175. The van der Waals surface area contributed by atoms with Crippen LogP contribution < -0.4 is 91.8 Å². The number of aliphatic hydroxyl groups is 3. The van der Waals surface area contributed by atoms with Gasteiger partial charge >= 0.3 is 77.4 Å². The van der Waals surface area contributed by atoms with Crippen LogP contribution in [0.25, 0.3) is 66.8 Å². The molecule has 23 heteroatoms. The number of ether oxygens (including phenoxy) is 3. The Labute approximate surface area is 790 Å². The maximum Gasteiger partial charge on any atom is 1.00 e. The number of nitrogen functional groups attached to an aromatic ring is 2. The van der Waals surface area contributed by atoms with Crippen LogP contribution in [0.5, 0.6) is 0 Å². The molecule has 3 radical (unpaired) electrons. The van der Waals surface area contributed by atoms with Gasteiger partial charge in [-0.3, -0.25) is 35.2 Å². The van der Waals surface area contributed by atoms with Gasteiger partial charge in [-0.25, -0.2) is 14.4 Å². The zero-order valence-corrected chi connectivity index (χ0v) is 77.3. The molecule has 127 heavy (non-hydrogen) atoms. The van der Waals surface area contributed by atoms with Crippen LogP contribution in [0.4, 0.5) is 48.5 Å². The van der Waals surface area contributed by atoms with Gasteiger partial charge in [-0.05, 0) is 281 Å². The van der Waals surface area contributed by atoms with E-state index in [0.717, 1.165) is 113 Å². The number of anilines is 6. The smallest absolute Gasteiger partial charge is 1.00 e. The average molecular weight is 1720 g/mol. The van der Waals surface area contributed by atoms with E-state index in [1.807, 2.05) is 232 Å². The van der Waals surface area contributed by atoms with E-state index in [-0.39, 0.29) is 133 Å². The molecule has 0 fully saturated rings. The van der Waals surface area contributed by atoms with Crippen LogP contribution in [-0.4, -0.2) is 114 Å². The van der Waals surface area contributed by atoms with E-state index in [1.54, 1.807) is 0 Å². The molecule has 19 rings (SSSR count). The predicted molar refractivity (Wildman–Crippen MR) is 497 cm³/mol. The van der Waals surface area contributed by atoms with Gasteiger partial charge in [-0.2, -0.15) is 0 Å². The summed E-state index contributed by atoms with van der Waals surface area (Å²) in [7, 11) is 0. The van der Waals surface area contributed by atoms with Crippen LogP contribution in [0.1, 0.15) is 162 Å². The fraction of sp³-hybridized carbons (Fsp3) is 0.221. The number of carbonyl (C=O) groups excluding carboxylic acids is 7. The molecule has 1 heterocycles. The van der Waals surface area contributed by atoms with Crippen LogP contribution in [0.15, 0.2) is 267 Å². The van der Waals surface area contributed by atoms with Gasteiger partial charge in [-0.1, -0.05) is 182 Å². The third kappa shape index (κ3) is 22.3. The third-order valence-electron chi connectivity index (χ3n) is 22.1. The number of rotatable bonds is 11. The van der Waals surface area contributed by atoms with Gasteiger partial charge in [0, 0.05) is 85.4 Å². The first-order valence-corrected chi connectivity index (χ1v) is 41.4. The SMILES string of the molecule is CC(C)(C)OC(=O)Nc1ccc2c(c1)C(C=O)c1ccccc1-2.CC(C)(C)OC(=O)Nc1ccc2c(c1)C(CO)c1ccccc1-2.CC(C)(C)OC(=O)Nc1ccc2c(c1)Cc1ccccc1-2.Nc1ccc2c(c1)C(CO)c1ccccc1-2.Nc1ccc2c(c1)Cc1ccccc1-2.O=C(CCN1C(=O)C=CC1=O)Nc1ccc2c(c1)C(CO)c1ccccc1-2.[B].[H-].[H-].[Na+].[Na+]. The molecule has 0 saturated heterocycles. The van der Waals surface area contributed by atoms with Gasteiger partial charge in [0.1, 0.15) is 23.1 Å². The molecule has 7 aliphatic rings. The van der Waals surface area contributed by atoms with Gasteiger partial charge in [0.05, 0.1) is 25.7 Å². The van der Waals surface area contributed by atoms with Crippen molar-refractivity contribution in [1.29, 1.82) is 0 Å². The predicted octanol–water partition coefficient (Wildman–Crippen LogP) is 14.2. The zero-order chi connectivity index (χ0) is 87.9. The zero-order valence-electron chi connectivity index (χ0n) is 75.3. The number of amides is 6. The van der Waals surface area contributed by atoms with Crippen molar-refractivity contribution in [2.45, 2.75) is 122 Å². The Morgan fingerprint density at radius 2 is 0.661 bits per heavy atom. The second kappa shape index (κ2) is 41.2. The summed E-state index contributed by atoms with van der Waals surface area (Å²) in [6.45, 7) is 16.7. The Hall–Kier alpha value is -12.0. The first-order chi connectivity index (χ1) is 59.4. The van der Waals surface area contributed by atoms with Crippen LogP contribution in [-0.2, 0) is 46.2 Å². The molecule has 0 bridgehead atoms. The summed E-state index contributed by atoms with van der Waals surface area (Å²) in [5, 5.41) is 40.2. The number of benzene rings is 12. The van der Waals surface area contributed by atoms with E-state index < -0.39 is 46.9 Å². The summed E-state index contributed by atoms with van der Waals surface area (Å²) in [5.41, 5.74) is 42.3. The van der Waals surface area contributed by atoms with E-state index in [4.69, 9.17) is 25.7 Å². The Morgan fingerprint density at radius 3 is 1.06 bits per heavy atom. The summed E-state index contributed by atoms with van der Waals surface area (Å²) < 4.78 is 15.8. The van der Waals surface area contributed by atoms with Crippen molar-refractivity contribution in [1.82, 2.24) is 4.90 Å². The molecule has 0 aromatic heterocycles. The van der Waals surface area contributed by atoms with Crippen molar-refractivity contribution >= 4 is 84.8 Å². The molecule has 4 unspecified atom stereocenters. The number of aldehydes is 1. The first-order valence-electron chi connectivity index (χ1n) is 41.4. The Morgan fingerprint density at radius 1 is 0.370 bits per heavy atom.